The van der Waals surface area contributed by atoms with Crippen molar-refractivity contribution in [3.8, 4) is 0 Å². The van der Waals surface area contributed by atoms with E-state index in [2.05, 4.69) is 5.32 Å². The monoisotopic (exact) mass is 242 g/mol. The Balaban J connectivity index is 2.71. The zero-order valence-electron chi connectivity index (χ0n) is 11.1. The highest BCUT2D eigenvalue weighted by Crippen LogP contribution is 2.14. The lowest BCUT2D eigenvalue weighted by Crippen LogP contribution is -2.53. The van der Waals surface area contributed by atoms with Crippen LogP contribution in [0.4, 0.5) is 0 Å². The number of carbonyl (C=O) groups excluding carboxylic acids is 2. The molecule has 1 rings (SSSR count). The highest BCUT2D eigenvalue weighted by atomic mass is 16.5. The van der Waals surface area contributed by atoms with Crippen molar-refractivity contribution >= 4 is 11.8 Å². The first kappa shape index (κ1) is 14.0. The van der Waals surface area contributed by atoms with Gasteiger partial charge in [-0.15, -0.1) is 0 Å². The number of hydrogen-bond donors (Lipinski definition) is 1. The van der Waals surface area contributed by atoms with Crippen LogP contribution in [0.2, 0.25) is 0 Å². The van der Waals surface area contributed by atoms with Crippen LogP contribution in [-0.2, 0) is 14.3 Å². The lowest BCUT2D eigenvalue weighted by Gasteiger charge is -2.30. The van der Waals surface area contributed by atoms with Crippen molar-refractivity contribution in [2.45, 2.75) is 32.7 Å². The Labute approximate surface area is 102 Å². The van der Waals surface area contributed by atoms with Gasteiger partial charge in [-0.05, 0) is 19.8 Å². The van der Waals surface area contributed by atoms with Gasteiger partial charge in [0.05, 0.1) is 6.61 Å². The summed E-state index contributed by atoms with van der Waals surface area (Å²) < 4.78 is 5.06. The van der Waals surface area contributed by atoms with Crippen LogP contribution in [0.5, 0.6) is 0 Å². The van der Waals surface area contributed by atoms with Gasteiger partial charge in [0, 0.05) is 26.6 Å². The van der Waals surface area contributed by atoms with E-state index in [1.165, 1.54) is 0 Å². The summed E-state index contributed by atoms with van der Waals surface area (Å²) in [4.78, 5) is 25.5. The molecule has 5 nitrogen and oxygen atoms in total. The Morgan fingerprint density at radius 2 is 2.12 bits per heavy atom. The molecule has 0 bridgehead atoms. The van der Waals surface area contributed by atoms with Gasteiger partial charge in [-0.25, -0.2) is 0 Å². The van der Waals surface area contributed by atoms with Crippen molar-refractivity contribution in [3.63, 3.8) is 0 Å². The van der Waals surface area contributed by atoms with E-state index in [1.54, 1.807) is 25.9 Å². The molecule has 2 amide bonds. The van der Waals surface area contributed by atoms with Gasteiger partial charge in [-0.2, -0.15) is 0 Å². The summed E-state index contributed by atoms with van der Waals surface area (Å²) in [5, 5.41) is 2.74. The molecule has 1 unspecified atom stereocenters. The molecule has 1 N–H and O–H groups in total. The summed E-state index contributed by atoms with van der Waals surface area (Å²) >= 11 is 0. The van der Waals surface area contributed by atoms with E-state index in [-0.39, 0.29) is 17.7 Å². The highest BCUT2D eigenvalue weighted by molar-refractivity contribution is 5.92. The number of carbonyl (C=O) groups is 2. The Morgan fingerprint density at radius 3 is 2.71 bits per heavy atom. The van der Waals surface area contributed by atoms with Crippen LogP contribution in [0.15, 0.2) is 0 Å². The summed E-state index contributed by atoms with van der Waals surface area (Å²) in [6.45, 7) is 7.25. The first-order valence-corrected chi connectivity index (χ1v) is 5.96. The Bertz CT molecular complexity index is 302. The SMILES string of the molecule is COCC(C)CN1CCC(=O)NC(C)(C)C1=O. The molecular weight excluding hydrogens is 220 g/mol. The van der Waals surface area contributed by atoms with E-state index < -0.39 is 5.54 Å². The third-order valence-corrected chi connectivity index (χ3v) is 2.87. The van der Waals surface area contributed by atoms with Crippen LogP contribution in [-0.4, -0.2) is 49.1 Å². The van der Waals surface area contributed by atoms with Crippen molar-refractivity contribution in [1.29, 1.82) is 0 Å². The average Bonchev–Trinajstić information content (AvgIpc) is 2.30. The van der Waals surface area contributed by atoms with E-state index in [9.17, 15) is 9.59 Å². The fourth-order valence-corrected chi connectivity index (χ4v) is 2.09. The molecule has 1 saturated heterocycles. The Morgan fingerprint density at radius 1 is 1.47 bits per heavy atom. The third kappa shape index (κ3) is 3.70. The summed E-state index contributed by atoms with van der Waals surface area (Å²) in [6, 6.07) is 0. The fourth-order valence-electron chi connectivity index (χ4n) is 2.09. The van der Waals surface area contributed by atoms with Gasteiger partial charge in [0.1, 0.15) is 5.54 Å². The van der Waals surface area contributed by atoms with Crippen LogP contribution >= 0.6 is 0 Å². The normalized spacial score (nSPS) is 22.0. The fraction of sp³-hybridized carbons (Fsp3) is 0.833. The van der Waals surface area contributed by atoms with Crippen LogP contribution in [0, 0.1) is 5.92 Å². The molecule has 0 aromatic carbocycles. The van der Waals surface area contributed by atoms with E-state index in [0.29, 0.717) is 26.1 Å². The van der Waals surface area contributed by atoms with Crippen LogP contribution in [0.1, 0.15) is 27.2 Å². The van der Waals surface area contributed by atoms with Crippen molar-refractivity contribution in [1.82, 2.24) is 10.2 Å². The second-order valence-electron chi connectivity index (χ2n) is 5.23. The first-order valence-electron chi connectivity index (χ1n) is 5.96. The third-order valence-electron chi connectivity index (χ3n) is 2.87. The van der Waals surface area contributed by atoms with E-state index in [0.717, 1.165) is 0 Å². The van der Waals surface area contributed by atoms with Crippen molar-refractivity contribution in [3.05, 3.63) is 0 Å². The molecule has 1 heterocycles. The van der Waals surface area contributed by atoms with Crippen molar-refractivity contribution in [2.24, 2.45) is 5.92 Å². The highest BCUT2D eigenvalue weighted by Gasteiger charge is 2.36. The molecule has 98 valence electrons. The summed E-state index contributed by atoms with van der Waals surface area (Å²) in [5.41, 5.74) is -0.805. The molecule has 0 aromatic rings. The van der Waals surface area contributed by atoms with Gasteiger partial charge in [0.2, 0.25) is 11.8 Å². The predicted octanol–water partition coefficient (Wildman–Crippen LogP) is 0.396. The molecule has 1 atom stereocenters. The molecule has 1 fully saturated rings. The number of ether oxygens (including phenoxy) is 1. The predicted molar refractivity (Wildman–Crippen MR) is 64.5 cm³/mol. The van der Waals surface area contributed by atoms with Gasteiger partial charge in [0.15, 0.2) is 0 Å². The molecular formula is C12H22N2O3. The zero-order valence-corrected chi connectivity index (χ0v) is 11.1. The minimum absolute atomic E-state index is 0.0219. The largest absolute Gasteiger partial charge is 0.384 e. The zero-order chi connectivity index (χ0) is 13.1. The summed E-state index contributed by atoms with van der Waals surface area (Å²) in [5.74, 6) is 0.185. The molecule has 1 aliphatic rings. The number of hydrogen-bond acceptors (Lipinski definition) is 3. The smallest absolute Gasteiger partial charge is 0.247 e. The number of amides is 2. The van der Waals surface area contributed by atoms with Crippen LogP contribution < -0.4 is 5.32 Å². The van der Waals surface area contributed by atoms with Gasteiger partial charge < -0.3 is 15.0 Å². The van der Waals surface area contributed by atoms with Crippen LogP contribution in [0.25, 0.3) is 0 Å². The number of rotatable bonds is 4. The van der Waals surface area contributed by atoms with Crippen molar-refractivity contribution < 1.29 is 14.3 Å². The number of nitrogens with one attached hydrogen (secondary N) is 1. The molecule has 0 saturated carbocycles. The number of nitrogens with zero attached hydrogens (tertiary/aromatic N) is 1. The molecule has 0 aromatic heterocycles. The molecule has 17 heavy (non-hydrogen) atoms. The van der Waals surface area contributed by atoms with E-state index in [1.807, 2.05) is 6.92 Å². The molecule has 0 radical (unpaired) electrons. The van der Waals surface area contributed by atoms with Crippen molar-refractivity contribution in [2.75, 3.05) is 26.8 Å². The van der Waals surface area contributed by atoms with Gasteiger partial charge in [-0.3, -0.25) is 9.59 Å². The standard InChI is InChI=1S/C12H22N2O3/c1-9(8-17-4)7-14-6-5-10(15)13-12(2,3)11(14)16/h9H,5-8H2,1-4H3,(H,13,15). The Kier molecular flexibility index (Phi) is 4.51. The molecule has 0 aliphatic carbocycles. The summed E-state index contributed by atoms with van der Waals surface area (Å²) in [6.07, 6.45) is 0.370. The summed E-state index contributed by atoms with van der Waals surface area (Å²) in [7, 11) is 1.65. The lowest BCUT2D eigenvalue weighted by atomic mass is 10.0. The lowest BCUT2D eigenvalue weighted by molar-refractivity contribution is -0.138. The molecule has 0 spiro atoms. The van der Waals surface area contributed by atoms with E-state index >= 15 is 0 Å². The van der Waals surface area contributed by atoms with Gasteiger partial charge >= 0.3 is 0 Å². The molecule has 1 aliphatic heterocycles. The average molecular weight is 242 g/mol. The number of methoxy groups -OCH3 is 1. The first-order chi connectivity index (χ1) is 7.86. The van der Waals surface area contributed by atoms with E-state index in [4.69, 9.17) is 4.74 Å². The van der Waals surface area contributed by atoms with Crippen LogP contribution in [0.3, 0.4) is 0 Å². The maximum Gasteiger partial charge on any atom is 0.247 e. The quantitative estimate of drug-likeness (QED) is 0.776. The maximum absolute atomic E-state index is 12.2. The Hall–Kier alpha value is -1.10. The second kappa shape index (κ2) is 5.49. The topological polar surface area (TPSA) is 58.6 Å². The minimum atomic E-state index is -0.805. The maximum atomic E-state index is 12.2. The van der Waals surface area contributed by atoms with Gasteiger partial charge in [-0.1, -0.05) is 6.92 Å². The second-order valence-corrected chi connectivity index (χ2v) is 5.23. The minimum Gasteiger partial charge on any atom is -0.384 e. The van der Waals surface area contributed by atoms with Gasteiger partial charge in [0.25, 0.3) is 0 Å². The molecule has 5 heteroatoms.